The number of nitrogens with zero attached hydrogens (tertiary/aromatic N) is 1. The van der Waals surface area contributed by atoms with E-state index in [4.69, 9.17) is 4.74 Å². The second-order valence-corrected chi connectivity index (χ2v) is 8.07. The summed E-state index contributed by atoms with van der Waals surface area (Å²) in [6, 6.07) is 18.3. The average Bonchev–Trinajstić information content (AvgIpc) is 2.77. The molecule has 0 radical (unpaired) electrons. The van der Waals surface area contributed by atoms with Crippen LogP contribution >= 0.6 is 0 Å². The Bertz CT molecular complexity index is 947. The molecule has 2 rings (SSSR count). The molecule has 0 aliphatic heterocycles. The van der Waals surface area contributed by atoms with Crippen LogP contribution in [0.3, 0.4) is 0 Å². The average molecular weight is 451 g/mol. The number of nitriles is 1. The van der Waals surface area contributed by atoms with Crippen LogP contribution in [-0.2, 0) is 22.4 Å². The summed E-state index contributed by atoms with van der Waals surface area (Å²) in [5.74, 6) is -1.80. The van der Waals surface area contributed by atoms with Gasteiger partial charge in [-0.3, -0.25) is 9.59 Å². The molecule has 0 aliphatic carbocycles. The van der Waals surface area contributed by atoms with Gasteiger partial charge in [0.2, 0.25) is 11.8 Å². The van der Waals surface area contributed by atoms with Crippen molar-refractivity contribution in [2.45, 2.75) is 45.1 Å². The van der Waals surface area contributed by atoms with Gasteiger partial charge in [-0.1, -0.05) is 42.5 Å². The van der Waals surface area contributed by atoms with Gasteiger partial charge < -0.3 is 25.4 Å². The second kappa shape index (κ2) is 13.3. The van der Waals surface area contributed by atoms with Crippen molar-refractivity contribution in [3.8, 4) is 11.8 Å². The summed E-state index contributed by atoms with van der Waals surface area (Å²) in [5.41, 5.74) is 1.65. The third-order valence-electron chi connectivity index (χ3n) is 4.84. The van der Waals surface area contributed by atoms with Crippen molar-refractivity contribution in [3.63, 3.8) is 0 Å². The fourth-order valence-electron chi connectivity index (χ4n) is 3.22. The van der Waals surface area contributed by atoms with Crippen molar-refractivity contribution in [1.29, 1.82) is 5.26 Å². The first kappa shape index (κ1) is 25.9. The maximum atomic E-state index is 12.3. The molecule has 33 heavy (non-hydrogen) atoms. The molecule has 0 aromatic heterocycles. The second-order valence-electron chi connectivity index (χ2n) is 8.07. The molecule has 2 amide bonds. The lowest BCUT2D eigenvalue weighted by molar-refractivity contribution is -0.124. The SMILES string of the molecule is CC(C)NC(=O)C(C#N)Cc1cccc(OCCC(=O)N[C@@H](Cc2ccccc2)B(O)O)c1. The smallest absolute Gasteiger partial charge is 0.475 e. The Morgan fingerprint density at radius 1 is 1.03 bits per heavy atom. The zero-order chi connectivity index (χ0) is 24.2. The van der Waals surface area contributed by atoms with E-state index >= 15 is 0 Å². The number of carbonyl (C=O) groups excluding carboxylic acids is 2. The number of ether oxygens (including phenoxy) is 1. The Hall–Kier alpha value is -3.35. The van der Waals surface area contributed by atoms with Crippen LogP contribution in [0.2, 0.25) is 0 Å². The van der Waals surface area contributed by atoms with Crippen LogP contribution in [0, 0.1) is 17.2 Å². The monoisotopic (exact) mass is 451 g/mol. The lowest BCUT2D eigenvalue weighted by Gasteiger charge is -2.18. The molecule has 4 N–H and O–H groups in total. The highest BCUT2D eigenvalue weighted by Gasteiger charge is 2.25. The Kier molecular flexibility index (Phi) is 10.4. The zero-order valence-corrected chi connectivity index (χ0v) is 18.9. The van der Waals surface area contributed by atoms with Gasteiger partial charge in [0.1, 0.15) is 11.7 Å². The van der Waals surface area contributed by atoms with Crippen molar-refractivity contribution in [3.05, 3.63) is 65.7 Å². The molecule has 2 atom stereocenters. The topological polar surface area (TPSA) is 132 Å². The van der Waals surface area contributed by atoms with Gasteiger partial charge in [0.25, 0.3) is 0 Å². The first-order valence-corrected chi connectivity index (χ1v) is 10.9. The van der Waals surface area contributed by atoms with Gasteiger partial charge in [0, 0.05) is 6.04 Å². The standard InChI is InChI=1S/C24H30BN3O5/c1-17(2)27-24(30)20(16-26)13-19-9-6-10-21(14-19)33-12-11-23(29)28-22(25(31)32)15-18-7-4-3-5-8-18/h3-10,14,17,20,22,31-32H,11-13,15H2,1-2H3,(H,27,30)(H,28,29)/t20?,22-/m0/s1. The summed E-state index contributed by atoms with van der Waals surface area (Å²) < 4.78 is 5.65. The van der Waals surface area contributed by atoms with Crippen LogP contribution in [0.5, 0.6) is 5.75 Å². The van der Waals surface area contributed by atoms with E-state index in [0.29, 0.717) is 5.75 Å². The molecular weight excluding hydrogens is 421 g/mol. The normalized spacial score (nSPS) is 12.4. The first-order chi connectivity index (χ1) is 15.8. The van der Waals surface area contributed by atoms with Crippen LogP contribution in [0.15, 0.2) is 54.6 Å². The number of hydrogen-bond acceptors (Lipinski definition) is 6. The van der Waals surface area contributed by atoms with E-state index in [9.17, 15) is 24.9 Å². The zero-order valence-electron chi connectivity index (χ0n) is 18.9. The van der Waals surface area contributed by atoms with E-state index in [1.807, 2.05) is 56.3 Å². The third kappa shape index (κ3) is 9.35. The Morgan fingerprint density at radius 2 is 1.73 bits per heavy atom. The number of rotatable bonds is 12. The molecule has 0 heterocycles. The Labute approximate surface area is 194 Å². The predicted molar refractivity (Wildman–Crippen MR) is 125 cm³/mol. The van der Waals surface area contributed by atoms with Crippen LogP contribution in [-0.4, -0.2) is 47.6 Å². The number of nitrogens with one attached hydrogen (secondary N) is 2. The summed E-state index contributed by atoms with van der Waals surface area (Å²) in [4.78, 5) is 24.4. The van der Waals surface area contributed by atoms with Crippen molar-refractivity contribution in [2.75, 3.05) is 6.61 Å². The lowest BCUT2D eigenvalue weighted by Crippen LogP contribution is -2.48. The molecule has 1 unspecified atom stereocenters. The summed E-state index contributed by atoms with van der Waals surface area (Å²) >= 11 is 0. The molecule has 2 aromatic carbocycles. The highest BCUT2D eigenvalue weighted by Crippen LogP contribution is 2.17. The Balaban J connectivity index is 1.85. The van der Waals surface area contributed by atoms with Gasteiger partial charge in [-0.2, -0.15) is 5.26 Å². The quantitative estimate of drug-likeness (QED) is 0.361. The van der Waals surface area contributed by atoms with E-state index in [1.54, 1.807) is 18.2 Å². The van der Waals surface area contributed by atoms with Gasteiger partial charge in [0.05, 0.1) is 25.0 Å². The van der Waals surface area contributed by atoms with Crippen molar-refractivity contribution >= 4 is 18.9 Å². The highest BCUT2D eigenvalue weighted by atomic mass is 16.5. The predicted octanol–water partition coefficient (Wildman–Crippen LogP) is 1.40. The molecule has 9 heteroatoms. The summed E-state index contributed by atoms with van der Waals surface area (Å²) in [7, 11) is -1.69. The molecule has 0 fully saturated rings. The summed E-state index contributed by atoms with van der Waals surface area (Å²) in [5, 5.41) is 33.9. The third-order valence-corrected chi connectivity index (χ3v) is 4.84. The number of benzene rings is 2. The molecule has 2 aromatic rings. The molecule has 0 spiro atoms. The maximum absolute atomic E-state index is 12.3. The molecule has 0 bridgehead atoms. The van der Waals surface area contributed by atoms with Gasteiger partial charge in [0.15, 0.2) is 0 Å². The highest BCUT2D eigenvalue weighted by molar-refractivity contribution is 6.43. The van der Waals surface area contributed by atoms with E-state index in [0.717, 1.165) is 11.1 Å². The number of carbonyl (C=O) groups is 2. The molecule has 174 valence electrons. The Morgan fingerprint density at radius 3 is 2.36 bits per heavy atom. The van der Waals surface area contributed by atoms with E-state index in [1.165, 1.54) is 0 Å². The number of amides is 2. The van der Waals surface area contributed by atoms with Crippen molar-refractivity contribution in [1.82, 2.24) is 10.6 Å². The molecular formula is C24H30BN3O5. The van der Waals surface area contributed by atoms with Crippen LogP contribution in [0.1, 0.15) is 31.4 Å². The molecule has 0 saturated heterocycles. The fraction of sp³-hybridized carbons (Fsp3) is 0.375. The van der Waals surface area contributed by atoms with Crippen LogP contribution in [0.4, 0.5) is 0 Å². The summed E-state index contributed by atoms with van der Waals surface area (Å²) in [6.45, 7) is 3.76. The minimum atomic E-state index is -1.69. The maximum Gasteiger partial charge on any atom is 0.475 e. The van der Waals surface area contributed by atoms with Gasteiger partial charge >= 0.3 is 7.12 Å². The van der Waals surface area contributed by atoms with Gasteiger partial charge in [-0.25, -0.2) is 0 Å². The van der Waals surface area contributed by atoms with E-state index in [-0.39, 0.29) is 43.7 Å². The lowest BCUT2D eigenvalue weighted by atomic mass is 9.76. The van der Waals surface area contributed by atoms with Crippen molar-refractivity contribution in [2.24, 2.45) is 5.92 Å². The molecule has 0 aliphatic rings. The fourth-order valence-corrected chi connectivity index (χ4v) is 3.22. The minimum absolute atomic E-state index is 0.0276. The van der Waals surface area contributed by atoms with Gasteiger partial charge in [-0.05, 0) is 49.9 Å². The van der Waals surface area contributed by atoms with Gasteiger partial charge in [-0.15, -0.1) is 0 Å². The van der Waals surface area contributed by atoms with E-state index in [2.05, 4.69) is 10.6 Å². The first-order valence-electron chi connectivity index (χ1n) is 10.9. The number of hydrogen-bond donors (Lipinski definition) is 4. The van der Waals surface area contributed by atoms with E-state index < -0.39 is 19.0 Å². The largest absolute Gasteiger partial charge is 0.493 e. The van der Waals surface area contributed by atoms with Crippen LogP contribution < -0.4 is 15.4 Å². The molecule has 0 saturated carbocycles. The minimum Gasteiger partial charge on any atom is -0.493 e. The summed E-state index contributed by atoms with van der Waals surface area (Å²) in [6.07, 6.45) is 0.569. The van der Waals surface area contributed by atoms with Crippen LogP contribution in [0.25, 0.3) is 0 Å². The molecule has 8 nitrogen and oxygen atoms in total. The van der Waals surface area contributed by atoms with Crippen molar-refractivity contribution < 1.29 is 24.4 Å².